The smallest absolute Gasteiger partial charge is 0.411 e. The molecule has 0 saturated heterocycles. The SMILES string of the molecule is NC(=O)OCCCCOC(=O)Nc1ccc(Cc2ccc(NC(=O)OCCCCO)cc2)cc1. The van der Waals surface area contributed by atoms with Crippen molar-refractivity contribution in [2.75, 3.05) is 37.1 Å². The number of carbonyl (C=O) groups is 3. The highest BCUT2D eigenvalue weighted by Crippen LogP contribution is 2.16. The van der Waals surface area contributed by atoms with E-state index in [1.54, 1.807) is 24.3 Å². The first-order chi connectivity index (χ1) is 16.5. The van der Waals surface area contributed by atoms with Gasteiger partial charge in [0.15, 0.2) is 0 Å². The number of hydrogen-bond acceptors (Lipinski definition) is 7. The number of anilines is 2. The van der Waals surface area contributed by atoms with E-state index >= 15 is 0 Å². The summed E-state index contributed by atoms with van der Waals surface area (Å²) in [5.74, 6) is 0. The Morgan fingerprint density at radius 1 is 0.676 bits per heavy atom. The molecule has 0 radical (unpaired) electrons. The molecule has 0 unspecified atom stereocenters. The van der Waals surface area contributed by atoms with Crippen molar-refractivity contribution in [2.24, 2.45) is 5.73 Å². The number of benzene rings is 2. The molecule has 3 amide bonds. The van der Waals surface area contributed by atoms with Gasteiger partial charge in [-0.05, 0) is 67.5 Å². The molecule has 0 saturated carbocycles. The Hall–Kier alpha value is -3.79. The van der Waals surface area contributed by atoms with E-state index in [4.69, 9.17) is 20.3 Å². The quantitative estimate of drug-likeness (QED) is 0.253. The fourth-order valence-electron chi connectivity index (χ4n) is 2.88. The summed E-state index contributed by atoms with van der Waals surface area (Å²) in [4.78, 5) is 34.0. The molecule has 2 aromatic rings. The zero-order valence-electron chi connectivity index (χ0n) is 19.0. The highest BCUT2D eigenvalue weighted by molar-refractivity contribution is 5.85. The summed E-state index contributed by atoms with van der Waals surface area (Å²) in [6.07, 6.45) is 1.11. The summed E-state index contributed by atoms with van der Waals surface area (Å²) in [6, 6.07) is 14.8. The van der Waals surface area contributed by atoms with Crippen LogP contribution in [0.5, 0.6) is 0 Å². The number of nitrogens with two attached hydrogens (primary N) is 1. The van der Waals surface area contributed by atoms with Crippen LogP contribution < -0.4 is 16.4 Å². The Labute approximate surface area is 198 Å². The molecule has 0 aliphatic rings. The van der Waals surface area contributed by atoms with Crippen LogP contribution in [0.3, 0.4) is 0 Å². The second-order valence-electron chi connectivity index (χ2n) is 7.40. The van der Waals surface area contributed by atoms with Crippen LogP contribution in [0.15, 0.2) is 48.5 Å². The van der Waals surface area contributed by atoms with Crippen molar-refractivity contribution in [3.63, 3.8) is 0 Å². The lowest BCUT2D eigenvalue weighted by Crippen LogP contribution is -2.16. The maximum Gasteiger partial charge on any atom is 0.411 e. The summed E-state index contributed by atoms with van der Waals surface area (Å²) in [5.41, 5.74) is 8.22. The van der Waals surface area contributed by atoms with Gasteiger partial charge in [-0.25, -0.2) is 14.4 Å². The summed E-state index contributed by atoms with van der Waals surface area (Å²) in [6.45, 7) is 0.745. The molecule has 10 nitrogen and oxygen atoms in total. The maximum atomic E-state index is 11.8. The van der Waals surface area contributed by atoms with Crippen LogP contribution in [0.4, 0.5) is 25.8 Å². The van der Waals surface area contributed by atoms with E-state index in [1.807, 2.05) is 24.3 Å². The highest BCUT2D eigenvalue weighted by Gasteiger charge is 2.06. The fraction of sp³-hybridized carbons (Fsp3) is 0.375. The largest absolute Gasteiger partial charge is 0.450 e. The summed E-state index contributed by atoms with van der Waals surface area (Å²) < 4.78 is 14.7. The van der Waals surface area contributed by atoms with Gasteiger partial charge in [0, 0.05) is 18.0 Å². The molecular formula is C24H31N3O7. The minimum absolute atomic E-state index is 0.0799. The summed E-state index contributed by atoms with van der Waals surface area (Å²) in [7, 11) is 0. The number of unbranched alkanes of at least 4 members (excludes halogenated alkanes) is 2. The summed E-state index contributed by atoms with van der Waals surface area (Å²) >= 11 is 0. The van der Waals surface area contributed by atoms with Gasteiger partial charge in [-0.15, -0.1) is 0 Å². The molecular weight excluding hydrogens is 442 g/mol. The fourth-order valence-corrected chi connectivity index (χ4v) is 2.88. The molecule has 0 aromatic heterocycles. The molecule has 0 heterocycles. The molecule has 0 aliphatic heterocycles. The van der Waals surface area contributed by atoms with E-state index in [0.717, 1.165) is 11.1 Å². The number of rotatable bonds is 13. The second kappa shape index (κ2) is 15.1. The monoisotopic (exact) mass is 473 g/mol. The van der Waals surface area contributed by atoms with E-state index in [2.05, 4.69) is 15.4 Å². The van der Waals surface area contributed by atoms with Crippen molar-refractivity contribution >= 4 is 29.7 Å². The normalized spacial score (nSPS) is 10.3. The lowest BCUT2D eigenvalue weighted by Gasteiger charge is -2.09. The van der Waals surface area contributed by atoms with Crippen molar-refractivity contribution in [3.8, 4) is 0 Å². The minimum atomic E-state index is -0.820. The number of nitrogens with one attached hydrogen (secondary N) is 2. The van der Waals surface area contributed by atoms with Crippen LogP contribution in [0, 0.1) is 0 Å². The Balaban J connectivity index is 1.70. The van der Waals surface area contributed by atoms with Gasteiger partial charge in [-0.2, -0.15) is 0 Å². The number of carbonyl (C=O) groups excluding carboxylic acids is 3. The van der Waals surface area contributed by atoms with Gasteiger partial charge >= 0.3 is 18.3 Å². The van der Waals surface area contributed by atoms with E-state index in [-0.39, 0.29) is 26.4 Å². The number of ether oxygens (including phenoxy) is 3. The van der Waals surface area contributed by atoms with Gasteiger partial charge in [0.1, 0.15) is 0 Å². The van der Waals surface area contributed by atoms with Gasteiger partial charge in [0.05, 0.1) is 19.8 Å². The molecule has 0 aliphatic carbocycles. The van der Waals surface area contributed by atoms with Gasteiger partial charge in [-0.3, -0.25) is 10.6 Å². The predicted octanol–water partition coefficient (Wildman–Crippen LogP) is 4.02. The van der Waals surface area contributed by atoms with Gasteiger partial charge in [0.25, 0.3) is 0 Å². The Kier molecular flexibility index (Phi) is 11.8. The number of aliphatic hydroxyl groups is 1. The third-order valence-corrected chi connectivity index (χ3v) is 4.61. The maximum absolute atomic E-state index is 11.8. The number of aliphatic hydroxyl groups excluding tert-OH is 1. The lowest BCUT2D eigenvalue weighted by molar-refractivity contribution is 0.140. The second-order valence-corrected chi connectivity index (χ2v) is 7.40. The number of primary amides is 1. The topological polar surface area (TPSA) is 149 Å². The van der Waals surface area contributed by atoms with E-state index in [1.165, 1.54) is 0 Å². The van der Waals surface area contributed by atoms with Crippen LogP contribution in [-0.4, -0.2) is 49.8 Å². The molecule has 5 N–H and O–H groups in total. The van der Waals surface area contributed by atoms with E-state index in [9.17, 15) is 14.4 Å². The molecule has 0 atom stereocenters. The molecule has 184 valence electrons. The Bertz CT molecular complexity index is 902. The average Bonchev–Trinajstić information content (AvgIpc) is 2.81. The molecule has 0 spiro atoms. The number of hydrogen-bond donors (Lipinski definition) is 4. The highest BCUT2D eigenvalue weighted by atomic mass is 16.6. The Morgan fingerprint density at radius 3 is 1.50 bits per heavy atom. The third-order valence-electron chi connectivity index (χ3n) is 4.61. The van der Waals surface area contributed by atoms with Crippen LogP contribution in [0.2, 0.25) is 0 Å². The molecule has 10 heteroatoms. The molecule has 34 heavy (non-hydrogen) atoms. The first-order valence-corrected chi connectivity index (χ1v) is 11.0. The molecule has 2 aromatic carbocycles. The van der Waals surface area contributed by atoms with Crippen molar-refractivity contribution in [3.05, 3.63) is 59.7 Å². The lowest BCUT2D eigenvalue weighted by atomic mass is 10.0. The van der Waals surface area contributed by atoms with E-state index in [0.29, 0.717) is 43.5 Å². The van der Waals surface area contributed by atoms with Crippen LogP contribution in [-0.2, 0) is 20.6 Å². The number of amides is 3. The van der Waals surface area contributed by atoms with Gasteiger partial charge in [0.2, 0.25) is 0 Å². The first kappa shape index (κ1) is 26.5. The van der Waals surface area contributed by atoms with Crippen molar-refractivity contribution in [1.29, 1.82) is 0 Å². The van der Waals surface area contributed by atoms with Gasteiger partial charge < -0.3 is 25.1 Å². The van der Waals surface area contributed by atoms with E-state index < -0.39 is 18.3 Å². The third kappa shape index (κ3) is 11.2. The Morgan fingerprint density at radius 2 is 1.09 bits per heavy atom. The molecule has 0 fully saturated rings. The van der Waals surface area contributed by atoms with Crippen molar-refractivity contribution < 1.29 is 33.7 Å². The average molecular weight is 474 g/mol. The van der Waals surface area contributed by atoms with Crippen molar-refractivity contribution in [2.45, 2.75) is 32.1 Å². The van der Waals surface area contributed by atoms with Crippen LogP contribution in [0.25, 0.3) is 0 Å². The van der Waals surface area contributed by atoms with Crippen LogP contribution in [0.1, 0.15) is 36.8 Å². The van der Waals surface area contributed by atoms with Crippen LogP contribution >= 0.6 is 0 Å². The first-order valence-electron chi connectivity index (χ1n) is 11.0. The zero-order valence-corrected chi connectivity index (χ0v) is 19.0. The minimum Gasteiger partial charge on any atom is -0.450 e. The predicted molar refractivity (Wildman–Crippen MR) is 127 cm³/mol. The molecule has 2 rings (SSSR count). The van der Waals surface area contributed by atoms with Crippen molar-refractivity contribution in [1.82, 2.24) is 0 Å². The zero-order chi connectivity index (χ0) is 24.6. The standard InChI is InChI=1S/C24H31N3O7/c25-22(29)32-14-3-4-16-34-24(31)27-21-11-7-19(8-12-21)17-18-5-9-20(10-6-18)26-23(30)33-15-2-1-13-28/h5-12,28H,1-4,13-17H2,(H2,25,29)(H,26,30)(H,27,31). The summed E-state index contributed by atoms with van der Waals surface area (Å²) in [5, 5.41) is 14.0. The molecule has 0 bridgehead atoms. The van der Waals surface area contributed by atoms with Gasteiger partial charge in [-0.1, -0.05) is 24.3 Å².